The summed E-state index contributed by atoms with van der Waals surface area (Å²) in [6, 6.07) is 0. The van der Waals surface area contributed by atoms with Gasteiger partial charge < -0.3 is 14.2 Å². The van der Waals surface area contributed by atoms with E-state index in [0.717, 1.165) is 69.6 Å². The van der Waals surface area contributed by atoms with Crippen LogP contribution in [0.2, 0.25) is 0 Å². The van der Waals surface area contributed by atoms with Crippen molar-refractivity contribution < 1.29 is 28.6 Å². The lowest BCUT2D eigenvalue weighted by Crippen LogP contribution is -2.30. The van der Waals surface area contributed by atoms with Crippen molar-refractivity contribution in [1.29, 1.82) is 0 Å². The fourth-order valence-electron chi connectivity index (χ4n) is 7.28. The van der Waals surface area contributed by atoms with Crippen LogP contribution in [-0.2, 0) is 28.6 Å². The van der Waals surface area contributed by atoms with Gasteiger partial charge in [0.2, 0.25) is 0 Å². The molecule has 0 saturated heterocycles. The summed E-state index contributed by atoms with van der Waals surface area (Å²) >= 11 is 0. The average Bonchev–Trinajstić information content (AvgIpc) is 3.15. The minimum atomic E-state index is -0.760. The molecule has 1 atom stereocenters. The van der Waals surface area contributed by atoms with Crippen molar-refractivity contribution in [2.45, 2.75) is 272 Å². The Bertz CT molecular complexity index is 839. The second-order valence-electron chi connectivity index (χ2n) is 17.7. The molecule has 6 nitrogen and oxygen atoms in total. The molecule has 0 aliphatic heterocycles. The van der Waals surface area contributed by atoms with Crippen molar-refractivity contribution in [1.82, 2.24) is 0 Å². The quantitative estimate of drug-likeness (QED) is 0.0348. The summed E-state index contributed by atoms with van der Waals surface area (Å²) in [6.45, 7) is 11.3. The first-order valence-electron chi connectivity index (χ1n) is 24.2. The summed E-state index contributed by atoms with van der Waals surface area (Å²) in [5, 5.41) is 0. The Balaban J connectivity index is 4.30. The van der Waals surface area contributed by atoms with Crippen molar-refractivity contribution in [2.24, 2.45) is 11.8 Å². The second-order valence-corrected chi connectivity index (χ2v) is 17.7. The smallest absolute Gasteiger partial charge is 0.306 e. The summed E-state index contributed by atoms with van der Waals surface area (Å²) in [4.78, 5) is 37.8. The Morgan fingerprint density at radius 1 is 0.345 bits per heavy atom. The van der Waals surface area contributed by atoms with Crippen LogP contribution in [0.4, 0.5) is 0 Å². The molecular formula is C49H94O6. The van der Waals surface area contributed by atoms with E-state index in [4.69, 9.17) is 14.2 Å². The van der Waals surface area contributed by atoms with Gasteiger partial charge in [-0.2, -0.15) is 0 Å². The zero-order chi connectivity index (χ0) is 40.5. The van der Waals surface area contributed by atoms with Gasteiger partial charge in [-0.05, 0) is 31.1 Å². The van der Waals surface area contributed by atoms with Crippen LogP contribution in [-0.4, -0.2) is 37.2 Å². The Morgan fingerprint density at radius 3 is 0.891 bits per heavy atom. The van der Waals surface area contributed by atoms with E-state index in [2.05, 4.69) is 34.6 Å². The number of unbranched alkanes of at least 4 members (excludes halogenated alkanes) is 28. The van der Waals surface area contributed by atoms with Gasteiger partial charge in [0.05, 0.1) is 0 Å². The molecule has 0 radical (unpaired) electrons. The number of carbonyl (C=O) groups is 3. The molecule has 0 aliphatic carbocycles. The van der Waals surface area contributed by atoms with Crippen molar-refractivity contribution in [3.63, 3.8) is 0 Å². The van der Waals surface area contributed by atoms with E-state index in [1.807, 2.05) is 0 Å². The molecular weight excluding hydrogens is 685 g/mol. The standard InChI is InChI=1S/C49H94O6/c1-6-7-8-9-10-11-18-24-29-34-39-47(50)53-42-46(43-54-48(51)40-35-30-25-21-20-23-28-33-38-45(4)5)55-49(52)41-36-31-26-19-16-14-12-13-15-17-22-27-32-37-44(2)3/h44-46H,6-43H2,1-5H3/t46-/m1/s1. The molecule has 0 spiro atoms. The molecule has 0 aromatic carbocycles. The molecule has 0 aromatic rings. The lowest BCUT2D eigenvalue weighted by molar-refractivity contribution is -0.167. The maximum atomic E-state index is 12.7. The molecule has 0 rings (SSSR count). The molecule has 0 aromatic heterocycles. The molecule has 0 heterocycles. The average molecular weight is 779 g/mol. The third-order valence-electron chi connectivity index (χ3n) is 11.0. The van der Waals surface area contributed by atoms with Gasteiger partial charge in [-0.25, -0.2) is 0 Å². The van der Waals surface area contributed by atoms with Gasteiger partial charge in [0.1, 0.15) is 13.2 Å². The van der Waals surface area contributed by atoms with E-state index >= 15 is 0 Å². The molecule has 0 unspecified atom stereocenters. The maximum Gasteiger partial charge on any atom is 0.306 e. The van der Waals surface area contributed by atoms with Crippen molar-refractivity contribution in [3.05, 3.63) is 0 Å². The van der Waals surface area contributed by atoms with Crippen LogP contribution in [0.15, 0.2) is 0 Å². The fraction of sp³-hybridized carbons (Fsp3) is 0.939. The van der Waals surface area contributed by atoms with Crippen LogP contribution < -0.4 is 0 Å². The Hall–Kier alpha value is -1.59. The summed E-state index contributed by atoms with van der Waals surface area (Å²) in [6.07, 6.45) is 40.9. The summed E-state index contributed by atoms with van der Waals surface area (Å²) in [7, 11) is 0. The first-order chi connectivity index (χ1) is 26.7. The highest BCUT2D eigenvalue weighted by molar-refractivity contribution is 5.71. The number of rotatable bonds is 43. The van der Waals surface area contributed by atoms with Crippen molar-refractivity contribution >= 4 is 17.9 Å². The topological polar surface area (TPSA) is 78.9 Å². The fourth-order valence-corrected chi connectivity index (χ4v) is 7.28. The van der Waals surface area contributed by atoms with Crippen molar-refractivity contribution in [2.75, 3.05) is 13.2 Å². The lowest BCUT2D eigenvalue weighted by atomic mass is 10.0. The minimum absolute atomic E-state index is 0.0646. The van der Waals surface area contributed by atoms with Crippen LogP contribution in [0, 0.1) is 11.8 Å². The second kappa shape index (κ2) is 42.0. The molecule has 0 saturated carbocycles. The van der Waals surface area contributed by atoms with Gasteiger partial charge in [0.15, 0.2) is 6.10 Å². The highest BCUT2D eigenvalue weighted by Crippen LogP contribution is 2.17. The summed E-state index contributed by atoms with van der Waals surface area (Å²) in [5.41, 5.74) is 0. The monoisotopic (exact) mass is 779 g/mol. The summed E-state index contributed by atoms with van der Waals surface area (Å²) < 4.78 is 16.7. The van der Waals surface area contributed by atoms with Gasteiger partial charge >= 0.3 is 17.9 Å². The summed E-state index contributed by atoms with van der Waals surface area (Å²) in [5.74, 6) is 0.779. The highest BCUT2D eigenvalue weighted by atomic mass is 16.6. The van der Waals surface area contributed by atoms with Crippen molar-refractivity contribution in [3.8, 4) is 0 Å². The molecule has 326 valence electrons. The van der Waals surface area contributed by atoms with E-state index in [9.17, 15) is 14.4 Å². The zero-order valence-corrected chi connectivity index (χ0v) is 37.6. The van der Waals surface area contributed by atoms with Gasteiger partial charge in [-0.3, -0.25) is 14.4 Å². The first kappa shape index (κ1) is 53.4. The van der Waals surface area contributed by atoms with E-state index < -0.39 is 6.10 Å². The molecule has 0 fully saturated rings. The van der Waals surface area contributed by atoms with Gasteiger partial charge in [0, 0.05) is 19.3 Å². The Kier molecular flexibility index (Phi) is 40.8. The molecule has 0 aliphatic rings. The molecule has 0 amide bonds. The van der Waals surface area contributed by atoms with E-state index in [-0.39, 0.29) is 31.1 Å². The normalized spacial score (nSPS) is 12.1. The number of carbonyl (C=O) groups excluding carboxylic acids is 3. The number of ether oxygens (including phenoxy) is 3. The largest absolute Gasteiger partial charge is 0.462 e. The SMILES string of the molecule is CCCCCCCCCCCCC(=O)OC[C@H](COC(=O)CCCCCCCCCCC(C)C)OC(=O)CCCCCCCCCCCCCCCC(C)C. The van der Waals surface area contributed by atoms with E-state index in [0.29, 0.717) is 19.3 Å². The maximum absolute atomic E-state index is 12.7. The van der Waals surface area contributed by atoms with E-state index in [1.165, 1.54) is 154 Å². The zero-order valence-electron chi connectivity index (χ0n) is 37.6. The van der Waals surface area contributed by atoms with Gasteiger partial charge in [-0.1, -0.05) is 227 Å². The third-order valence-corrected chi connectivity index (χ3v) is 11.0. The predicted molar refractivity (Wildman–Crippen MR) is 233 cm³/mol. The van der Waals surface area contributed by atoms with Crippen LogP contribution in [0.3, 0.4) is 0 Å². The first-order valence-corrected chi connectivity index (χ1v) is 24.2. The minimum Gasteiger partial charge on any atom is -0.462 e. The van der Waals surface area contributed by atoms with Crippen LogP contribution in [0.25, 0.3) is 0 Å². The molecule has 55 heavy (non-hydrogen) atoms. The predicted octanol–water partition coefficient (Wildman–Crippen LogP) is 15.4. The number of esters is 3. The molecule has 0 bridgehead atoms. The van der Waals surface area contributed by atoms with Crippen LogP contribution in [0.1, 0.15) is 266 Å². The Labute approximate surface area is 342 Å². The van der Waals surface area contributed by atoms with Gasteiger partial charge in [-0.15, -0.1) is 0 Å². The molecule has 0 N–H and O–H groups in total. The number of hydrogen-bond donors (Lipinski definition) is 0. The third kappa shape index (κ3) is 43.4. The lowest BCUT2D eigenvalue weighted by Gasteiger charge is -2.18. The Morgan fingerprint density at radius 2 is 0.600 bits per heavy atom. The van der Waals surface area contributed by atoms with Crippen LogP contribution in [0.5, 0.6) is 0 Å². The van der Waals surface area contributed by atoms with E-state index in [1.54, 1.807) is 0 Å². The van der Waals surface area contributed by atoms with Crippen LogP contribution >= 0.6 is 0 Å². The number of hydrogen-bond acceptors (Lipinski definition) is 6. The highest BCUT2D eigenvalue weighted by Gasteiger charge is 2.19. The van der Waals surface area contributed by atoms with Gasteiger partial charge in [0.25, 0.3) is 0 Å². The molecule has 6 heteroatoms.